The summed E-state index contributed by atoms with van der Waals surface area (Å²) >= 11 is 0. The predicted molar refractivity (Wildman–Crippen MR) is 72.6 cm³/mol. The minimum Gasteiger partial charge on any atom is -0.378 e. The van der Waals surface area contributed by atoms with E-state index in [1.165, 1.54) is 32.1 Å². The van der Waals surface area contributed by atoms with Crippen molar-refractivity contribution in [3.8, 4) is 0 Å². The standard InChI is InChI=1S/C14H24N4O/c1-2-19-12-8-11(14(12)6-4-3-5-7-14)15-9-13-16-10-17-18-13/h10-12,15H,2-9H2,1H3,(H,16,17,18). The smallest absolute Gasteiger partial charge is 0.138 e. The Morgan fingerprint density at radius 2 is 2.26 bits per heavy atom. The molecule has 0 radical (unpaired) electrons. The number of nitrogens with one attached hydrogen (secondary N) is 2. The van der Waals surface area contributed by atoms with Crippen LogP contribution in [-0.2, 0) is 11.3 Å². The highest BCUT2D eigenvalue weighted by Crippen LogP contribution is 2.53. The Labute approximate surface area is 114 Å². The Bertz CT molecular complexity index is 386. The molecule has 2 saturated carbocycles. The van der Waals surface area contributed by atoms with Crippen molar-refractivity contribution in [2.75, 3.05) is 6.61 Å². The molecule has 0 bridgehead atoms. The predicted octanol–water partition coefficient (Wildman–Crippen LogP) is 2.02. The third-order valence-electron chi connectivity index (χ3n) is 4.92. The molecule has 2 unspecified atom stereocenters. The van der Waals surface area contributed by atoms with Crippen molar-refractivity contribution in [1.82, 2.24) is 20.5 Å². The molecule has 1 aromatic heterocycles. The number of H-pyrrole nitrogens is 1. The van der Waals surface area contributed by atoms with Crippen molar-refractivity contribution < 1.29 is 4.74 Å². The highest BCUT2D eigenvalue weighted by Gasteiger charge is 2.55. The molecule has 0 aliphatic heterocycles. The van der Waals surface area contributed by atoms with Crippen molar-refractivity contribution in [3.63, 3.8) is 0 Å². The Morgan fingerprint density at radius 3 is 2.95 bits per heavy atom. The Morgan fingerprint density at radius 1 is 1.42 bits per heavy atom. The Hall–Kier alpha value is -0.940. The van der Waals surface area contributed by atoms with Crippen molar-refractivity contribution in [2.24, 2.45) is 5.41 Å². The first-order valence-electron chi connectivity index (χ1n) is 7.54. The van der Waals surface area contributed by atoms with E-state index in [0.717, 1.165) is 25.4 Å². The molecule has 0 saturated heterocycles. The topological polar surface area (TPSA) is 62.8 Å². The van der Waals surface area contributed by atoms with Crippen molar-refractivity contribution in [3.05, 3.63) is 12.2 Å². The van der Waals surface area contributed by atoms with E-state index in [9.17, 15) is 0 Å². The van der Waals surface area contributed by atoms with Crippen LogP contribution in [0.2, 0.25) is 0 Å². The summed E-state index contributed by atoms with van der Waals surface area (Å²) in [5.74, 6) is 0.922. The van der Waals surface area contributed by atoms with Gasteiger partial charge >= 0.3 is 0 Å². The maximum absolute atomic E-state index is 5.96. The fourth-order valence-electron chi connectivity index (χ4n) is 3.89. The van der Waals surface area contributed by atoms with Crippen LogP contribution in [0.5, 0.6) is 0 Å². The molecule has 0 aromatic carbocycles. The molecule has 1 heterocycles. The lowest BCUT2D eigenvalue weighted by Gasteiger charge is -2.58. The lowest BCUT2D eigenvalue weighted by Crippen LogP contribution is -2.64. The lowest BCUT2D eigenvalue weighted by atomic mass is 9.55. The van der Waals surface area contributed by atoms with E-state index in [1.807, 2.05) is 0 Å². The summed E-state index contributed by atoms with van der Waals surface area (Å²) in [6.45, 7) is 3.72. The zero-order chi connectivity index (χ0) is 13.1. The SMILES string of the molecule is CCOC1CC(NCc2ncn[nH]2)C12CCCCC2. The monoisotopic (exact) mass is 264 g/mol. The van der Waals surface area contributed by atoms with Gasteiger partial charge < -0.3 is 10.1 Å². The summed E-state index contributed by atoms with van der Waals surface area (Å²) in [6.07, 6.45) is 9.88. The average Bonchev–Trinajstić information content (AvgIpc) is 2.96. The van der Waals surface area contributed by atoms with Gasteiger partial charge in [-0.25, -0.2) is 4.98 Å². The highest BCUT2D eigenvalue weighted by atomic mass is 16.5. The number of hydrogen-bond donors (Lipinski definition) is 2. The molecule has 106 valence electrons. The minimum atomic E-state index is 0.383. The fourth-order valence-corrected chi connectivity index (χ4v) is 3.89. The summed E-state index contributed by atoms with van der Waals surface area (Å²) in [5, 5.41) is 10.5. The third kappa shape index (κ3) is 2.41. The number of hydrogen-bond acceptors (Lipinski definition) is 4. The molecular weight excluding hydrogens is 240 g/mol. The molecule has 5 nitrogen and oxygen atoms in total. The number of nitrogens with zero attached hydrogens (tertiary/aromatic N) is 2. The van der Waals surface area contributed by atoms with Gasteiger partial charge in [0.05, 0.1) is 12.6 Å². The zero-order valence-corrected chi connectivity index (χ0v) is 11.7. The number of rotatable bonds is 5. The summed E-state index contributed by atoms with van der Waals surface area (Å²) in [6, 6.07) is 0.578. The highest BCUT2D eigenvalue weighted by molar-refractivity contribution is 5.09. The van der Waals surface area contributed by atoms with Crippen LogP contribution in [0.1, 0.15) is 51.3 Å². The molecule has 2 aliphatic rings. The number of aromatic amines is 1. The molecule has 19 heavy (non-hydrogen) atoms. The average molecular weight is 264 g/mol. The van der Waals surface area contributed by atoms with E-state index in [0.29, 0.717) is 17.6 Å². The molecule has 2 aliphatic carbocycles. The molecule has 0 amide bonds. The van der Waals surface area contributed by atoms with E-state index in [2.05, 4.69) is 27.4 Å². The first-order valence-corrected chi connectivity index (χ1v) is 7.54. The summed E-state index contributed by atoms with van der Waals surface area (Å²) in [4.78, 5) is 4.18. The summed E-state index contributed by atoms with van der Waals surface area (Å²) in [7, 11) is 0. The van der Waals surface area contributed by atoms with Crippen LogP contribution >= 0.6 is 0 Å². The van der Waals surface area contributed by atoms with Crippen LogP contribution in [0.25, 0.3) is 0 Å². The minimum absolute atomic E-state index is 0.383. The van der Waals surface area contributed by atoms with Crippen LogP contribution < -0.4 is 5.32 Å². The fraction of sp³-hybridized carbons (Fsp3) is 0.857. The Kier molecular flexibility index (Phi) is 3.84. The van der Waals surface area contributed by atoms with Gasteiger partial charge in [0.2, 0.25) is 0 Å². The van der Waals surface area contributed by atoms with Gasteiger partial charge in [-0.3, -0.25) is 5.10 Å². The zero-order valence-electron chi connectivity index (χ0n) is 11.7. The molecule has 3 rings (SSSR count). The van der Waals surface area contributed by atoms with Crippen molar-refractivity contribution >= 4 is 0 Å². The van der Waals surface area contributed by atoms with Crippen LogP contribution in [0.15, 0.2) is 6.33 Å². The summed E-state index contributed by atoms with van der Waals surface area (Å²) in [5.41, 5.74) is 0.383. The third-order valence-corrected chi connectivity index (χ3v) is 4.92. The quantitative estimate of drug-likeness (QED) is 0.854. The molecule has 2 fully saturated rings. The van der Waals surface area contributed by atoms with E-state index in [1.54, 1.807) is 6.33 Å². The Balaban J connectivity index is 1.61. The van der Waals surface area contributed by atoms with E-state index in [4.69, 9.17) is 4.74 Å². The van der Waals surface area contributed by atoms with Gasteiger partial charge in [-0.05, 0) is 26.2 Å². The van der Waals surface area contributed by atoms with Gasteiger partial charge in [-0.1, -0.05) is 19.3 Å². The van der Waals surface area contributed by atoms with E-state index < -0.39 is 0 Å². The van der Waals surface area contributed by atoms with Gasteiger partial charge in [0.1, 0.15) is 12.2 Å². The summed E-state index contributed by atoms with van der Waals surface area (Å²) < 4.78 is 5.96. The first-order chi connectivity index (χ1) is 9.35. The molecule has 1 spiro atoms. The van der Waals surface area contributed by atoms with Gasteiger partial charge in [-0.2, -0.15) is 5.10 Å². The normalized spacial score (nSPS) is 29.3. The molecular formula is C14H24N4O. The van der Waals surface area contributed by atoms with E-state index >= 15 is 0 Å². The number of ether oxygens (including phenoxy) is 1. The van der Waals surface area contributed by atoms with E-state index in [-0.39, 0.29) is 0 Å². The number of aromatic nitrogens is 3. The largest absolute Gasteiger partial charge is 0.378 e. The van der Waals surface area contributed by atoms with Crippen LogP contribution in [0.3, 0.4) is 0 Å². The maximum atomic E-state index is 5.96. The van der Waals surface area contributed by atoms with Crippen LogP contribution in [0.4, 0.5) is 0 Å². The van der Waals surface area contributed by atoms with Crippen LogP contribution in [0, 0.1) is 5.41 Å². The molecule has 1 aromatic rings. The lowest BCUT2D eigenvalue weighted by molar-refractivity contribution is -0.150. The second kappa shape index (κ2) is 5.59. The van der Waals surface area contributed by atoms with Gasteiger partial charge in [0, 0.05) is 18.1 Å². The van der Waals surface area contributed by atoms with Crippen LogP contribution in [-0.4, -0.2) is 33.9 Å². The molecule has 2 atom stereocenters. The van der Waals surface area contributed by atoms with Crippen molar-refractivity contribution in [2.45, 2.75) is 64.1 Å². The maximum Gasteiger partial charge on any atom is 0.138 e. The molecule has 2 N–H and O–H groups in total. The second-order valence-corrected chi connectivity index (χ2v) is 5.84. The van der Waals surface area contributed by atoms with Crippen molar-refractivity contribution in [1.29, 1.82) is 0 Å². The van der Waals surface area contributed by atoms with Gasteiger partial charge in [0.15, 0.2) is 0 Å². The van der Waals surface area contributed by atoms with Gasteiger partial charge in [0.25, 0.3) is 0 Å². The first kappa shape index (κ1) is 13.1. The second-order valence-electron chi connectivity index (χ2n) is 5.84. The molecule has 5 heteroatoms. The van der Waals surface area contributed by atoms with Gasteiger partial charge in [-0.15, -0.1) is 0 Å².